The lowest BCUT2D eigenvalue weighted by atomic mass is 10.2. The van der Waals surface area contributed by atoms with Gasteiger partial charge in [0.15, 0.2) is 0 Å². The molecule has 6 heteroatoms. The summed E-state index contributed by atoms with van der Waals surface area (Å²) in [6.07, 6.45) is 0. The summed E-state index contributed by atoms with van der Waals surface area (Å²) in [6, 6.07) is 11.5. The molecule has 96 valence electrons. The lowest BCUT2D eigenvalue weighted by Crippen LogP contribution is -2.14. The first-order valence-corrected chi connectivity index (χ1v) is 6.69. The van der Waals surface area contributed by atoms with Crippen molar-refractivity contribution in [3.05, 3.63) is 58.0 Å². The van der Waals surface area contributed by atoms with E-state index < -0.39 is 0 Å². The second-order valence-corrected chi connectivity index (χ2v) is 5.13. The van der Waals surface area contributed by atoms with E-state index in [-0.39, 0.29) is 5.56 Å². The predicted molar refractivity (Wildman–Crippen MR) is 75.6 cm³/mol. The highest BCUT2D eigenvalue weighted by Crippen LogP contribution is 2.17. The molecule has 1 aromatic carbocycles. The molecule has 0 unspecified atom stereocenters. The molecule has 0 atom stereocenters. The van der Waals surface area contributed by atoms with Crippen LogP contribution in [0.15, 0.2) is 41.2 Å². The molecule has 3 aromatic rings. The summed E-state index contributed by atoms with van der Waals surface area (Å²) in [5.41, 5.74) is 1.73. The number of benzene rings is 1. The van der Waals surface area contributed by atoms with E-state index in [1.54, 1.807) is 6.92 Å². The zero-order chi connectivity index (χ0) is 13.2. The third-order valence-corrected chi connectivity index (χ3v) is 3.53. The quantitative estimate of drug-likeness (QED) is 0.793. The summed E-state index contributed by atoms with van der Waals surface area (Å²) in [7, 11) is 0. The Morgan fingerprint density at radius 2 is 2.11 bits per heavy atom. The van der Waals surface area contributed by atoms with Gasteiger partial charge in [-0.25, -0.2) is 4.98 Å². The van der Waals surface area contributed by atoms with Gasteiger partial charge < -0.3 is 5.32 Å². The van der Waals surface area contributed by atoms with Gasteiger partial charge >= 0.3 is 0 Å². The Labute approximate surface area is 113 Å². The van der Waals surface area contributed by atoms with Crippen molar-refractivity contribution in [1.82, 2.24) is 14.6 Å². The topological polar surface area (TPSA) is 59.3 Å². The molecule has 0 saturated carbocycles. The highest BCUT2D eigenvalue weighted by Gasteiger charge is 2.06. The first-order valence-electron chi connectivity index (χ1n) is 5.88. The second-order valence-electron chi connectivity index (χ2n) is 4.18. The fourth-order valence-electron chi connectivity index (χ4n) is 1.77. The van der Waals surface area contributed by atoms with E-state index >= 15 is 0 Å². The van der Waals surface area contributed by atoms with Crippen LogP contribution >= 0.6 is 11.3 Å². The average Bonchev–Trinajstić information content (AvgIpc) is 2.81. The summed E-state index contributed by atoms with van der Waals surface area (Å²) >= 11 is 1.37. The fourth-order valence-corrected chi connectivity index (χ4v) is 2.61. The summed E-state index contributed by atoms with van der Waals surface area (Å²) in [4.78, 5) is 16.6. The Hall–Kier alpha value is -2.21. The molecule has 5 nitrogen and oxygen atoms in total. The van der Waals surface area contributed by atoms with E-state index in [9.17, 15) is 4.79 Å². The van der Waals surface area contributed by atoms with Gasteiger partial charge in [-0.15, -0.1) is 5.10 Å². The van der Waals surface area contributed by atoms with Gasteiger partial charge in [0, 0.05) is 18.3 Å². The number of fused-ring (bicyclic) bond motifs is 1. The summed E-state index contributed by atoms with van der Waals surface area (Å²) in [5, 5.41) is 8.12. The van der Waals surface area contributed by atoms with Crippen molar-refractivity contribution < 1.29 is 0 Å². The molecular formula is C13H12N4OS. The van der Waals surface area contributed by atoms with Crippen molar-refractivity contribution in [2.45, 2.75) is 13.5 Å². The van der Waals surface area contributed by atoms with Gasteiger partial charge in [-0.05, 0) is 12.5 Å². The molecule has 0 amide bonds. The van der Waals surface area contributed by atoms with Crippen LogP contribution in [0.1, 0.15) is 11.3 Å². The number of anilines is 1. The Morgan fingerprint density at radius 1 is 1.32 bits per heavy atom. The van der Waals surface area contributed by atoms with Crippen LogP contribution in [-0.4, -0.2) is 14.6 Å². The standard InChI is InChI=1S/C13H12N4OS/c1-9-7-11(18)17-13(15-9)19-12(16-17)14-8-10-5-3-2-4-6-10/h2-7H,8H2,1H3,(H,14,16). The Bertz CT molecular complexity index is 763. The molecule has 3 rings (SSSR count). The van der Waals surface area contributed by atoms with Crippen molar-refractivity contribution in [3.63, 3.8) is 0 Å². The first kappa shape index (κ1) is 11.9. The number of nitrogens with zero attached hydrogens (tertiary/aromatic N) is 3. The van der Waals surface area contributed by atoms with Crippen molar-refractivity contribution in [3.8, 4) is 0 Å². The molecule has 0 spiro atoms. The van der Waals surface area contributed by atoms with E-state index in [1.807, 2.05) is 30.3 Å². The molecule has 2 heterocycles. The summed E-state index contributed by atoms with van der Waals surface area (Å²) < 4.78 is 1.32. The Kier molecular flexibility index (Phi) is 3.00. The number of nitrogens with one attached hydrogen (secondary N) is 1. The van der Waals surface area contributed by atoms with Gasteiger partial charge in [-0.3, -0.25) is 4.79 Å². The van der Waals surface area contributed by atoms with Crippen molar-refractivity contribution >= 4 is 21.4 Å². The maximum absolute atomic E-state index is 11.7. The fraction of sp³-hybridized carbons (Fsp3) is 0.154. The van der Waals surface area contributed by atoms with Gasteiger partial charge in [-0.2, -0.15) is 4.52 Å². The minimum Gasteiger partial charge on any atom is -0.356 e. The smallest absolute Gasteiger partial charge is 0.275 e. The van der Waals surface area contributed by atoms with E-state index in [2.05, 4.69) is 15.4 Å². The molecule has 1 N–H and O–H groups in total. The number of aryl methyl sites for hydroxylation is 1. The van der Waals surface area contributed by atoms with Gasteiger partial charge in [0.1, 0.15) is 0 Å². The van der Waals surface area contributed by atoms with Crippen LogP contribution in [0.25, 0.3) is 4.96 Å². The summed E-state index contributed by atoms with van der Waals surface area (Å²) in [6.45, 7) is 2.48. The first-order chi connectivity index (χ1) is 9.22. The molecule has 0 fully saturated rings. The molecular weight excluding hydrogens is 260 g/mol. The normalized spacial score (nSPS) is 10.8. The Morgan fingerprint density at radius 3 is 2.89 bits per heavy atom. The molecule has 19 heavy (non-hydrogen) atoms. The van der Waals surface area contributed by atoms with Gasteiger partial charge in [0.2, 0.25) is 10.1 Å². The average molecular weight is 272 g/mol. The minimum absolute atomic E-state index is 0.147. The molecule has 2 aromatic heterocycles. The van der Waals surface area contributed by atoms with Gasteiger partial charge in [0.05, 0.1) is 0 Å². The zero-order valence-electron chi connectivity index (χ0n) is 10.3. The van der Waals surface area contributed by atoms with Crippen molar-refractivity contribution in [2.24, 2.45) is 0 Å². The maximum Gasteiger partial charge on any atom is 0.275 e. The van der Waals surface area contributed by atoms with Crippen LogP contribution in [0.4, 0.5) is 5.13 Å². The summed E-state index contributed by atoms with van der Waals surface area (Å²) in [5.74, 6) is 0. The van der Waals surface area contributed by atoms with Crippen LogP contribution in [-0.2, 0) is 6.54 Å². The Balaban J connectivity index is 1.86. The lowest BCUT2D eigenvalue weighted by molar-refractivity contribution is 0.887. The van der Waals surface area contributed by atoms with E-state index in [0.29, 0.717) is 22.3 Å². The monoisotopic (exact) mass is 272 g/mol. The second kappa shape index (κ2) is 4.81. The highest BCUT2D eigenvalue weighted by atomic mass is 32.1. The molecule has 0 aliphatic heterocycles. The largest absolute Gasteiger partial charge is 0.356 e. The number of aromatic nitrogens is 3. The number of rotatable bonds is 3. The SMILES string of the molecule is Cc1cc(=O)n2nc(NCc3ccccc3)sc2n1. The van der Waals surface area contributed by atoms with Crippen molar-refractivity contribution in [2.75, 3.05) is 5.32 Å². The van der Waals surface area contributed by atoms with Crippen molar-refractivity contribution in [1.29, 1.82) is 0 Å². The van der Waals surface area contributed by atoms with E-state index in [0.717, 1.165) is 0 Å². The zero-order valence-corrected chi connectivity index (χ0v) is 11.1. The molecule has 0 aliphatic carbocycles. The molecule has 0 saturated heterocycles. The van der Waals surface area contributed by atoms with Gasteiger partial charge in [-0.1, -0.05) is 41.7 Å². The number of hydrogen-bond acceptors (Lipinski definition) is 5. The third-order valence-electron chi connectivity index (χ3n) is 2.66. The van der Waals surface area contributed by atoms with E-state index in [4.69, 9.17) is 0 Å². The maximum atomic E-state index is 11.7. The van der Waals surface area contributed by atoms with Crippen LogP contribution < -0.4 is 10.9 Å². The van der Waals surface area contributed by atoms with Crippen LogP contribution in [0.3, 0.4) is 0 Å². The van der Waals surface area contributed by atoms with E-state index in [1.165, 1.54) is 27.5 Å². The highest BCUT2D eigenvalue weighted by molar-refractivity contribution is 7.20. The predicted octanol–water partition coefficient (Wildman–Crippen LogP) is 2.07. The van der Waals surface area contributed by atoms with Gasteiger partial charge in [0.25, 0.3) is 5.56 Å². The molecule has 0 radical (unpaired) electrons. The third kappa shape index (κ3) is 2.48. The minimum atomic E-state index is -0.147. The van der Waals surface area contributed by atoms with Crippen LogP contribution in [0, 0.1) is 6.92 Å². The molecule has 0 bridgehead atoms. The van der Waals surface area contributed by atoms with Crippen LogP contribution in [0.5, 0.6) is 0 Å². The number of hydrogen-bond donors (Lipinski definition) is 1. The van der Waals surface area contributed by atoms with Crippen LogP contribution in [0.2, 0.25) is 0 Å². The lowest BCUT2D eigenvalue weighted by Gasteiger charge is -2.00. The molecule has 0 aliphatic rings.